The van der Waals surface area contributed by atoms with Gasteiger partial charge < -0.3 is 14.6 Å². The number of fused-ring (bicyclic) bond motifs is 3. The van der Waals surface area contributed by atoms with Crippen molar-refractivity contribution in [3.05, 3.63) is 59.7 Å². The van der Waals surface area contributed by atoms with E-state index in [-0.39, 0.29) is 25.5 Å². The maximum absolute atomic E-state index is 12.9. The van der Waals surface area contributed by atoms with Crippen LogP contribution < -0.4 is 5.48 Å². The average molecular weight is 469 g/mol. The first-order valence-corrected chi connectivity index (χ1v) is 11.1. The lowest BCUT2D eigenvalue weighted by molar-refractivity contribution is -0.148. The van der Waals surface area contributed by atoms with Gasteiger partial charge in [-0.1, -0.05) is 48.5 Å². The Morgan fingerprint density at radius 2 is 1.62 bits per heavy atom. The fourth-order valence-corrected chi connectivity index (χ4v) is 4.48. The molecule has 2 atom stereocenters. The van der Waals surface area contributed by atoms with Gasteiger partial charge in [-0.3, -0.25) is 9.74 Å². The molecule has 0 radical (unpaired) electrons. The fourth-order valence-electron chi connectivity index (χ4n) is 4.48. The van der Waals surface area contributed by atoms with E-state index in [1.807, 2.05) is 48.5 Å². The van der Waals surface area contributed by atoms with E-state index in [1.54, 1.807) is 20.8 Å². The van der Waals surface area contributed by atoms with Crippen molar-refractivity contribution in [2.45, 2.75) is 50.9 Å². The molecule has 1 aliphatic heterocycles. The zero-order valence-electron chi connectivity index (χ0n) is 19.3. The van der Waals surface area contributed by atoms with E-state index in [2.05, 4.69) is 5.48 Å². The van der Waals surface area contributed by atoms with E-state index in [0.29, 0.717) is 0 Å². The van der Waals surface area contributed by atoms with Crippen molar-refractivity contribution in [3.63, 3.8) is 0 Å². The molecule has 34 heavy (non-hydrogen) atoms. The molecule has 2 aromatic carbocycles. The minimum atomic E-state index is -1.30. The molecule has 2 amide bonds. The molecule has 9 nitrogen and oxygen atoms in total. The van der Waals surface area contributed by atoms with E-state index < -0.39 is 35.9 Å². The van der Waals surface area contributed by atoms with Crippen LogP contribution in [0, 0.1) is 0 Å². The molecule has 1 fully saturated rings. The topological polar surface area (TPSA) is 114 Å². The van der Waals surface area contributed by atoms with Gasteiger partial charge in [0, 0.05) is 12.5 Å². The van der Waals surface area contributed by atoms with Crippen LogP contribution in [0.4, 0.5) is 9.59 Å². The number of carbonyl (C=O) groups excluding carboxylic acids is 2. The smallest absolute Gasteiger partial charge is 0.431 e. The molecular formula is C25H28N2O7. The second-order valence-electron chi connectivity index (χ2n) is 9.33. The number of carbonyl (C=O) groups is 3. The van der Waals surface area contributed by atoms with Crippen LogP contribution in [0.15, 0.2) is 48.5 Å². The first-order chi connectivity index (χ1) is 16.2. The summed E-state index contributed by atoms with van der Waals surface area (Å²) >= 11 is 0. The zero-order chi connectivity index (χ0) is 24.5. The zero-order valence-corrected chi connectivity index (χ0v) is 19.3. The van der Waals surface area contributed by atoms with Crippen LogP contribution in [0.5, 0.6) is 0 Å². The molecule has 1 aliphatic carbocycles. The molecule has 0 spiro atoms. The summed E-state index contributed by atoms with van der Waals surface area (Å²) in [6, 6.07) is 14.6. The Morgan fingerprint density at radius 3 is 2.18 bits per heavy atom. The number of nitrogens with one attached hydrogen (secondary N) is 1. The molecule has 0 saturated carbocycles. The first kappa shape index (κ1) is 23.6. The number of hydroxylamine groups is 1. The Hall–Kier alpha value is -3.59. The van der Waals surface area contributed by atoms with E-state index in [1.165, 1.54) is 0 Å². The van der Waals surface area contributed by atoms with Crippen LogP contribution in [0.3, 0.4) is 0 Å². The molecule has 2 N–H and O–H groups in total. The van der Waals surface area contributed by atoms with E-state index in [9.17, 15) is 19.5 Å². The van der Waals surface area contributed by atoms with Crippen LogP contribution in [-0.2, 0) is 19.1 Å². The third kappa shape index (κ3) is 4.84. The summed E-state index contributed by atoms with van der Waals surface area (Å²) in [5, 5.41) is 9.72. The van der Waals surface area contributed by atoms with Crippen LogP contribution in [0.25, 0.3) is 11.1 Å². The molecule has 0 unspecified atom stereocenters. The molecule has 2 aromatic rings. The molecule has 4 rings (SSSR count). The number of amides is 2. The molecular weight excluding hydrogens is 440 g/mol. The van der Waals surface area contributed by atoms with Crippen LogP contribution in [0.1, 0.15) is 44.2 Å². The Balaban J connectivity index is 1.40. The van der Waals surface area contributed by atoms with Gasteiger partial charge in [0.25, 0.3) is 0 Å². The number of rotatable bonds is 5. The number of carboxylic acid groups (broad SMARTS) is 1. The third-order valence-electron chi connectivity index (χ3n) is 5.86. The maximum atomic E-state index is 12.9. The predicted molar refractivity (Wildman–Crippen MR) is 122 cm³/mol. The monoisotopic (exact) mass is 468 g/mol. The number of benzene rings is 2. The lowest BCUT2D eigenvalue weighted by atomic mass is 9.98. The van der Waals surface area contributed by atoms with Gasteiger partial charge in [0.1, 0.15) is 18.3 Å². The molecule has 180 valence electrons. The van der Waals surface area contributed by atoms with Gasteiger partial charge in [-0.05, 0) is 49.4 Å². The fraction of sp³-hybridized carbons (Fsp3) is 0.400. The van der Waals surface area contributed by atoms with Crippen LogP contribution in [0.2, 0.25) is 0 Å². The number of aliphatic carboxylic acids is 1. The summed E-state index contributed by atoms with van der Waals surface area (Å²) in [6.45, 7) is 5.29. The van der Waals surface area contributed by atoms with Gasteiger partial charge in [-0.25, -0.2) is 14.4 Å². The minimum absolute atomic E-state index is 0.0807. The van der Waals surface area contributed by atoms with E-state index >= 15 is 0 Å². The van der Waals surface area contributed by atoms with E-state index in [4.69, 9.17) is 14.3 Å². The van der Waals surface area contributed by atoms with Crippen LogP contribution >= 0.6 is 0 Å². The molecule has 0 aromatic heterocycles. The predicted octanol–water partition coefficient (Wildman–Crippen LogP) is 3.92. The molecule has 9 heteroatoms. The Kier molecular flexibility index (Phi) is 6.47. The number of hydrogen-bond acceptors (Lipinski definition) is 6. The van der Waals surface area contributed by atoms with Gasteiger partial charge in [-0.2, -0.15) is 5.48 Å². The highest BCUT2D eigenvalue weighted by molar-refractivity contribution is 5.82. The molecule has 2 aliphatic rings. The molecule has 0 bridgehead atoms. The Bertz CT molecular complexity index is 1050. The number of likely N-dealkylation sites (tertiary alicyclic amines) is 1. The summed E-state index contributed by atoms with van der Waals surface area (Å²) in [5.74, 6) is -1.38. The van der Waals surface area contributed by atoms with Gasteiger partial charge in [0.2, 0.25) is 0 Å². The highest BCUT2D eigenvalue weighted by atomic mass is 16.7. The normalized spacial score (nSPS) is 19.3. The van der Waals surface area contributed by atoms with Gasteiger partial charge in [-0.15, -0.1) is 0 Å². The number of carboxylic acids is 1. The average Bonchev–Trinajstić information content (AvgIpc) is 3.35. The van der Waals surface area contributed by atoms with Crippen molar-refractivity contribution in [3.8, 4) is 11.1 Å². The minimum Gasteiger partial charge on any atom is -0.480 e. The van der Waals surface area contributed by atoms with Gasteiger partial charge in [0.05, 0.1) is 0 Å². The summed E-state index contributed by atoms with van der Waals surface area (Å²) in [4.78, 5) is 43.0. The molecule has 1 saturated heterocycles. The quantitative estimate of drug-likeness (QED) is 0.639. The second kappa shape index (κ2) is 9.34. The highest BCUT2D eigenvalue weighted by Crippen LogP contribution is 2.44. The van der Waals surface area contributed by atoms with E-state index in [0.717, 1.165) is 27.2 Å². The van der Waals surface area contributed by atoms with Crippen molar-refractivity contribution in [2.24, 2.45) is 0 Å². The van der Waals surface area contributed by atoms with Crippen molar-refractivity contribution in [2.75, 3.05) is 13.2 Å². The maximum Gasteiger partial charge on any atom is 0.431 e. The first-order valence-electron chi connectivity index (χ1n) is 11.1. The van der Waals surface area contributed by atoms with Crippen molar-refractivity contribution in [1.82, 2.24) is 10.4 Å². The Morgan fingerprint density at radius 1 is 1.03 bits per heavy atom. The summed E-state index contributed by atoms with van der Waals surface area (Å²) in [5.41, 5.74) is 5.72. The lowest BCUT2D eigenvalue weighted by Gasteiger charge is -2.25. The van der Waals surface area contributed by atoms with Crippen molar-refractivity contribution >= 4 is 18.2 Å². The van der Waals surface area contributed by atoms with Gasteiger partial charge in [0.15, 0.2) is 6.04 Å². The van der Waals surface area contributed by atoms with Gasteiger partial charge >= 0.3 is 18.2 Å². The number of nitrogens with zero attached hydrogens (tertiary/aromatic N) is 1. The SMILES string of the molecule is CC(C)(C)OC(=O)NO[C@H]1CCN(C(=O)OCC2c3ccccc3-c3ccccc32)[C@@H]1C(=O)O. The largest absolute Gasteiger partial charge is 0.480 e. The second-order valence-corrected chi connectivity index (χ2v) is 9.33. The third-order valence-corrected chi connectivity index (χ3v) is 5.86. The molecule has 1 heterocycles. The van der Waals surface area contributed by atoms with Crippen molar-refractivity contribution < 1.29 is 33.8 Å². The van der Waals surface area contributed by atoms with Crippen molar-refractivity contribution in [1.29, 1.82) is 0 Å². The summed E-state index contributed by atoms with van der Waals surface area (Å²) in [6.07, 6.45) is -2.30. The summed E-state index contributed by atoms with van der Waals surface area (Å²) in [7, 11) is 0. The number of ether oxygens (including phenoxy) is 2. The number of hydrogen-bond donors (Lipinski definition) is 2. The highest BCUT2D eigenvalue weighted by Gasteiger charge is 2.45. The van der Waals surface area contributed by atoms with Crippen LogP contribution in [-0.4, -0.2) is 59.1 Å². The standard InChI is InChI=1S/C25H28N2O7/c1-25(2,3)33-23(30)26-34-20-12-13-27(21(20)22(28)29)24(31)32-14-19-17-10-6-4-8-15(17)16-9-5-7-11-18(16)19/h4-11,19-21H,12-14H2,1-3H3,(H,26,30)(H,28,29)/t20-,21-/m0/s1. The summed E-state index contributed by atoms with van der Waals surface area (Å²) < 4.78 is 10.7. The lowest BCUT2D eigenvalue weighted by Crippen LogP contribution is -2.48. The Labute approximate surface area is 197 Å².